The predicted octanol–water partition coefficient (Wildman–Crippen LogP) is 3.55. The fourth-order valence-electron chi connectivity index (χ4n) is 3.61. The highest BCUT2D eigenvalue weighted by atomic mass is 127. The van der Waals surface area contributed by atoms with Gasteiger partial charge in [-0.15, -0.1) is 24.0 Å². The van der Waals surface area contributed by atoms with Crippen LogP contribution in [-0.4, -0.2) is 60.0 Å². The number of nitrogens with one attached hydrogen (secondary N) is 1. The van der Waals surface area contributed by atoms with Crippen LogP contribution in [0, 0.1) is 0 Å². The highest BCUT2D eigenvalue weighted by Gasteiger charge is 2.20. The molecule has 1 fully saturated rings. The molecule has 8 heteroatoms. The van der Waals surface area contributed by atoms with Gasteiger partial charge in [-0.05, 0) is 24.3 Å². The summed E-state index contributed by atoms with van der Waals surface area (Å²) < 4.78 is 2.05. The molecule has 3 aromatic rings. The summed E-state index contributed by atoms with van der Waals surface area (Å²) >= 11 is 6.34. The number of halogens is 2. The number of para-hydroxylation sites is 1. The van der Waals surface area contributed by atoms with Gasteiger partial charge >= 0.3 is 0 Å². The molecule has 0 unspecified atom stereocenters. The van der Waals surface area contributed by atoms with Gasteiger partial charge in [0.15, 0.2) is 5.96 Å². The van der Waals surface area contributed by atoms with Crippen LogP contribution in [0.1, 0.15) is 5.69 Å². The van der Waals surface area contributed by atoms with E-state index >= 15 is 0 Å². The minimum Gasteiger partial charge on any atom is -0.367 e. The molecule has 3 heterocycles. The van der Waals surface area contributed by atoms with E-state index in [-0.39, 0.29) is 24.0 Å². The summed E-state index contributed by atoms with van der Waals surface area (Å²) in [5.41, 5.74) is 3.17. The lowest BCUT2D eigenvalue weighted by atomic mass is 10.2. The molecule has 4 rings (SSSR count). The van der Waals surface area contributed by atoms with Gasteiger partial charge < -0.3 is 19.5 Å². The van der Waals surface area contributed by atoms with Crippen molar-refractivity contribution in [2.24, 2.45) is 4.99 Å². The average Bonchev–Trinajstić information content (AvgIpc) is 3.15. The molecule has 0 atom stereocenters. The normalized spacial score (nSPS) is 14.8. The number of hydrogen-bond donors (Lipinski definition) is 1. The van der Waals surface area contributed by atoms with E-state index in [0.717, 1.165) is 67.2 Å². The Morgan fingerprint density at radius 3 is 2.59 bits per heavy atom. The number of pyridine rings is 1. The maximum Gasteiger partial charge on any atom is 0.193 e. The van der Waals surface area contributed by atoms with E-state index in [0.29, 0.717) is 0 Å². The fraction of sp³-hybridized carbons (Fsp3) is 0.333. The highest BCUT2D eigenvalue weighted by molar-refractivity contribution is 14.0. The third-order valence-corrected chi connectivity index (χ3v) is 5.38. The summed E-state index contributed by atoms with van der Waals surface area (Å²) in [7, 11) is 1.84. The monoisotopic (exact) mass is 524 g/mol. The molecule has 1 aliphatic heterocycles. The van der Waals surface area contributed by atoms with Crippen LogP contribution in [0.3, 0.4) is 0 Å². The van der Waals surface area contributed by atoms with Gasteiger partial charge in [-0.3, -0.25) is 4.99 Å². The Labute approximate surface area is 193 Å². The number of imidazole rings is 1. The first-order valence-corrected chi connectivity index (χ1v) is 10.00. The zero-order valence-corrected chi connectivity index (χ0v) is 19.5. The van der Waals surface area contributed by atoms with Crippen molar-refractivity contribution < 1.29 is 0 Å². The zero-order valence-electron chi connectivity index (χ0n) is 16.5. The largest absolute Gasteiger partial charge is 0.367 e. The first-order chi connectivity index (χ1) is 13.7. The van der Waals surface area contributed by atoms with Crippen molar-refractivity contribution in [3.63, 3.8) is 0 Å². The minimum atomic E-state index is 0. The van der Waals surface area contributed by atoms with Crippen LogP contribution in [0.15, 0.2) is 59.9 Å². The van der Waals surface area contributed by atoms with E-state index in [2.05, 4.69) is 41.8 Å². The SMILES string of the molecule is CN=C(NCCc1cn2ccccc2n1)N1CCN(c2ccccc2Cl)CC1.I. The molecule has 29 heavy (non-hydrogen) atoms. The van der Waals surface area contributed by atoms with Crippen molar-refractivity contribution >= 4 is 52.9 Å². The maximum absolute atomic E-state index is 6.34. The van der Waals surface area contributed by atoms with E-state index in [1.54, 1.807) is 0 Å². The summed E-state index contributed by atoms with van der Waals surface area (Å²) in [4.78, 5) is 13.8. The Hall–Kier alpha value is -2.00. The number of benzene rings is 1. The number of fused-ring (bicyclic) bond motifs is 1. The summed E-state index contributed by atoms with van der Waals surface area (Å²) in [6.45, 7) is 4.49. The summed E-state index contributed by atoms with van der Waals surface area (Å²) in [5.74, 6) is 0.947. The second-order valence-electron chi connectivity index (χ2n) is 6.85. The Kier molecular flexibility index (Phi) is 7.60. The molecule has 154 valence electrons. The molecule has 1 aromatic carbocycles. The highest BCUT2D eigenvalue weighted by Crippen LogP contribution is 2.26. The lowest BCUT2D eigenvalue weighted by Gasteiger charge is -2.38. The van der Waals surface area contributed by atoms with Crippen LogP contribution in [0.25, 0.3) is 5.65 Å². The van der Waals surface area contributed by atoms with Gasteiger partial charge in [0.2, 0.25) is 0 Å². The van der Waals surface area contributed by atoms with Crippen molar-refractivity contribution in [3.8, 4) is 0 Å². The standard InChI is InChI=1S/C21H25ClN6.HI/c1-23-21(24-10-9-17-16-28-11-5-4-8-20(28)25-17)27-14-12-26(13-15-27)19-7-3-2-6-18(19)22;/h2-8,11,16H,9-10,12-15H2,1H3,(H,23,24);1H. The molecule has 0 spiro atoms. The van der Waals surface area contributed by atoms with Crippen LogP contribution in [-0.2, 0) is 6.42 Å². The minimum absolute atomic E-state index is 0. The predicted molar refractivity (Wildman–Crippen MR) is 131 cm³/mol. The quantitative estimate of drug-likeness (QED) is 0.322. The summed E-state index contributed by atoms with van der Waals surface area (Å²) in [5, 5.41) is 4.29. The van der Waals surface area contributed by atoms with Crippen molar-refractivity contribution in [1.29, 1.82) is 0 Å². The van der Waals surface area contributed by atoms with Gasteiger partial charge in [-0.25, -0.2) is 4.98 Å². The first kappa shape index (κ1) is 21.7. The van der Waals surface area contributed by atoms with Crippen molar-refractivity contribution in [1.82, 2.24) is 19.6 Å². The Bertz CT molecular complexity index is 931. The van der Waals surface area contributed by atoms with Crippen LogP contribution >= 0.6 is 35.6 Å². The van der Waals surface area contributed by atoms with E-state index < -0.39 is 0 Å². The van der Waals surface area contributed by atoms with Gasteiger partial charge in [-0.2, -0.15) is 0 Å². The lowest BCUT2D eigenvalue weighted by Crippen LogP contribution is -2.52. The van der Waals surface area contributed by atoms with Gasteiger partial charge in [0.25, 0.3) is 0 Å². The third kappa shape index (κ3) is 5.14. The molecule has 6 nitrogen and oxygen atoms in total. The van der Waals surface area contributed by atoms with Crippen LogP contribution in [0.4, 0.5) is 5.69 Å². The van der Waals surface area contributed by atoms with E-state index in [9.17, 15) is 0 Å². The van der Waals surface area contributed by atoms with E-state index in [1.165, 1.54) is 0 Å². The molecule has 0 aliphatic carbocycles. The molecule has 0 radical (unpaired) electrons. The van der Waals surface area contributed by atoms with Crippen molar-refractivity contribution in [3.05, 3.63) is 65.6 Å². The lowest BCUT2D eigenvalue weighted by molar-refractivity contribution is 0.373. The van der Waals surface area contributed by atoms with Crippen LogP contribution < -0.4 is 10.2 Å². The van der Waals surface area contributed by atoms with E-state index in [1.807, 2.05) is 49.6 Å². The summed E-state index contributed by atoms with van der Waals surface area (Å²) in [6, 6.07) is 14.1. The van der Waals surface area contributed by atoms with Crippen molar-refractivity contribution in [2.45, 2.75) is 6.42 Å². The molecule has 1 saturated heterocycles. The second-order valence-corrected chi connectivity index (χ2v) is 7.26. The smallest absolute Gasteiger partial charge is 0.193 e. The maximum atomic E-state index is 6.34. The fourth-order valence-corrected chi connectivity index (χ4v) is 3.86. The molecular weight excluding hydrogens is 499 g/mol. The number of guanidine groups is 1. The Balaban J connectivity index is 0.00000240. The summed E-state index contributed by atoms with van der Waals surface area (Å²) in [6.07, 6.45) is 4.97. The third-order valence-electron chi connectivity index (χ3n) is 5.06. The molecule has 0 amide bonds. The number of anilines is 1. The molecule has 2 aromatic heterocycles. The van der Waals surface area contributed by atoms with Crippen LogP contribution in [0.2, 0.25) is 5.02 Å². The van der Waals surface area contributed by atoms with Gasteiger partial charge in [0.1, 0.15) is 5.65 Å². The topological polar surface area (TPSA) is 48.2 Å². The molecular formula is C21H26ClIN6. The Morgan fingerprint density at radius 1 is 1.10 bits per heavy atom. The van der Waals surface area contributed by atoms with Crippen molar-refractivity contribution in [2.75, 3.05) is 44.7 Å². The molecule has 0 saturated carbocycles. The van der Waals surface area contributed by atoms with Crippen LogP contribution in [0.5, 0.6) is 0 Å². The first-order valence-electron chi connectivity index (χ1n) is 9.62. The number of nitrogens with zero attached hydrogens (tertiary/aromatic N) is 5. The molecule has 1 N–H and O–H groups in total. The van der Waals surface area contributed by atoms with Gasteiger partial charge in [0.05, 0.1) is 16.4 Å². The molecule has 1 aliphatic rings. The zero-order chi connectivity index (χ0) is 19.3. The number of aromatic nitrogens is 2. The number of aliphatic imine (C=N–C) groups is 1. The van der Waals surface area contributed by atoms with E-state index in [4.69, 9.17) is 11.6 Å². The van der Waals surface area contributed by atoms with Gasteiger partial charge in [0, 0.05) is 58.6 Å². The number of hydrogen-bond acceptors (Lipinski definition) is 3. The average molecular weight is 525 g/mol. The number of rotatable bonds is 4. The Morgan fingerprint density at radius 2 is 1.86 bits per heavy atom. The van der Waals surface area contributed by atoms with Gasteiger partial charge in [-0.1, -0.05) is 29.8 Å². The molecule has 0 bridgehead atoms. The second kappa shape index (κ2) is 10.2. The number of piperazine rings is 1.